The van der Waals surface area contributed by atoms with E-state index in [1.807, 2.05) is 28.8 Å². The monoisotopic (exact) mass is 407 g/mol. The molecular weight excluding hydrogens is 386 g/mol. The van der Waals surface area contributed by atoms with E-state index in [2.05, 4.69) is 20.5 Å². The molecule has 0 bridgehead atoms. The zero-order valence-corrected chi connectivity index (χ0v) is 16.9. The molecule has 0 radical (unpaired) electrons. The molecule has 1 N–H and O–H groups in total. The minimum Gasteiger partial charge on any atom is -0.496 e. The summed E-state index contributed by atoms with van der Waals surface area (Å²) in [6.07, 6.45) is 3.36. The van der Waals surface area contributed by atoms with Crippen molar-refractivity contribution in [2.45, 2.75) is 13.5 Å². The third kappa shape index (κ3) is 3.34. The Morgan fingerprint density at radius 2 is 1.90 bits per heavy atom. The predicted octanol–water partition coefficient (Wildman–Crippen LogP) is 3.08. The molecule has 0 aliphatic carbocycles. The molecule has 9 nitrogen and oxygen atoms in total. The molecule has 30 heavy (non-hydrogen) atoms. The number of nitrogens with zero attached hydrogens (tertiary/aromatic N) is 4. The van der Waals surface area contributed by atoms with Crippen molar-refractivity contribution >= 4 is 28.2 Å². The van der Waals surface area contributed by atoms with Gasteiger partial charge in [0.05, 0.1) is 38.4 Å². The molecule has 0 amide bonds. The van der Waals surface area contributed by atoms with E-state index in [9.17, 15) is 4.79 Å². The lowest BCUT2D eigenvalue weighted by Crippen LogP contribution is -2.13. The molecule has 1 aromatic carbocycles. The van der Waals surface area contributed by atoms with Crippen molar-refractivity contribution in [3.8, 4) is 11.5 Å². The molecule has 3 heterocycles. The predicted molar refractivity (Wildman–Crippen MR) is 111 cm³/mol. The zero-order chi connectivity index (χ0) is 21.1. The largest absolute Gasteiger partial charge is 0.496 e. The number of aromatic nitrogens is 4. The first kappa shape index (κ1) is 19.4. The van der Waals surface area contributed by atoms with Gasteiger partial charge in [-0.3, -0.25) is 9.38 Å². The van der Waals surface area contributed by atoms with Crippen molar-refractivity contribution < 1.29 is 19.0 Å². The smallest absolute Gasteiger partial charge is 0.341 e. The van der Waals surface area contributed by atoms with Gasteiger partial charge >= 0.3 is 5.97 Å². The van der Waals surface area contributed by atoms with E-state index in [0.29, 0.717) is 46.0 Å². The van der Waals surface area contributed by atoms with Crippen LogP contribution in [0.25, 0.3) is 16.6 Å². The van der Waals surface area contributed by atoms with Gasteiger partial charge in [0.15, 0.2) is 11.5 Å². The molecule has 0 atom stereocenters. The summed E-state index contributed by atoms with van der Waals surface area (Å²) in [6, 6.07) is 9.22. The lowest BCUT2D eigenvalue weighted by Gasteiger charge is -2.17. The van der Waals surface area contributed by atoms with Crippen LogP contribution in [0.15, 0.2) is 42.7 Å². The summed E-state index contributed by atoms with van der Waals surface area (Å²) < 4.78 is 18.1. The van der Waals surface area contributed by atoms with Gasteiger partial charge in [0.2, 0.25) is 0 Å². The van der Waals surface area contributed by atoms with Crippen molar-refractivity contribution in [2.24, 2.45) is 0 Å². The van der Waals surface area contributed by atoms with E-state index in [1.165, 1.54) is 6.20 Å². The second-order valence-electron chi connectivity index (χ2n) is 6.36. The number of anilines is 1. The summed E-state index contributed by atoms with van der Waals surface area (Å²) in [6.45, 7) is 2.32. The number of benzene rings is 1. The first-order chi connectivity index (χ1) is 14.7. The average molecular weight is 407 g/mol. The first-order valence-corrected chi connectivity index (χ1v) is 9.41. The maximum Gasteiger partial charge on any atom is 0.341 e. The lowest BCUT2D eigenvalue weighted by molar-refractivity contribution is 0.0527. The quantitative estimate of drug-likeness (QED) is 0.467. The summed E-state index contributed by atoms with van der Waals surface area (Å²) in [5, 5.41) is 12.3. The number of carbonyl (C=O) groups excluding carboxylic acids is 1. The van der Waals surface area contributed by atoms with Crippen LogP contribution in [-0.4, -0.2) is 46.4 Å². The Hall–Kier alpha value is -3.88. The van der Waals surface area contributed by atoms with Crippen LogP contribution in [0.5, 0.6) is 11.5 Å². The summed E-state index contributed by atoms with van der Waals surface area (Å²) in [5.41, 5.74) is 2.13. The van der Waals surface area contributed by atoms with E-state index in [-0.39, 0.29) is 6.61 Å². The number of carbonyl (C=O) groups is 1. The highest BCUT2D eigenvalue weighted by Gasteiger charge is 2.22. The lowest BCUT2D eigenvalue weighted by atomic mass is 10.1. The number of nitrogens with one attached hydrogen (secondary N) is 1. The summed E-state index contributed by atoms with van der Waals surface area (Å²) in [4.78, 5) is 17.1. The Labute approximate surface area is 172 Å². The highest BCUT2D eigenvalue weighted by atomic mass is 16.5. The molecule has 4 rings (SSSR count). The van der Waals surface area contributed by atoms with Gasteiger partial charge in [-0.05, 0) is 31.2 Å². The minimum atomic E-state index is -0.481. The molecule has 9 heteroatoms. The molecule has 0 spiro atoms. The van der Waals surface area contributed by atoms with Crippen molar-refractivity contribution in [1.29, 1.82) is 0 Å². The molecule has 0 saturated heterocycles. The number of methoxy groups -OCH3 is 2. The van der Waals surface area contributed by atoms with Crippen LogP contribution in [0.2, 0.25) is 0 Å². The minimum absolute atomic E-state index is 0.250. The van der Waals surface area contributed by atoms with Crippen LogP contribution in [0, 0.1) is 0 Å². The Kier molecular flexibility index (Phi) is 5.34. The Bertz CT molecular complexity index is 1220. The Morgan fingerprint density at radius 1 is 1.10 bits per heavy atom. The fraction of sp³-hybridized carbons (Fsp3) is 0.238. The molecule has 0 aliphatic heterocycles. The van der Waals surface area contributed by atoms with Crippen molar-refractivity contribution in [2.75, 3.05) is 26.1 Å². The standard InChI is InChI=1S/C21H21N5O4/c1-4-30-21(27)13-11-22-20-15(29-3)9-8-14(28-2)18(20)19(13)23-12-17-25-24-16-7-5-6-10-26(16)17/h5-11H,4,12H2,1-3H3,(H,22,23). The Morgan fingerprint density at radius 3 is 2.67 bits per heavy atom. The molecule has 0 aliphatic rings. The third-order valence-electron chi connectivity index (χ3n) is 4.69. The molecule has 0 unspecified atom stereocenters. The van der Waals surface area contributed by atoms with Gasteiger partial charge in [0.25, 0.3) is 0 Å². The number of rotatable bonds is 7. The molecule has 0 saturated carbocycles. The van der Waals surface area contributed by atoms with Crippen LogP contribution in [0.1, 0.15) is 23.1 Å². The third-order valence-corrected chi connectivity index (χ3v) is 4.69. The van der Waals surface area contributed by atoms with E-state index in [0.717, 1.165) is 5.65 Å². The molecular formula is C21H21N5O4. The number of ether oxygens (including phenoxy) is 3. The normalized spacial score (nSPS) is 10.9. The SMILES string of the molecule is CCOC(=O)c1cnc2c(OC)ccc(OC)c2c1NCc1nnc2ccccn12. The highest BCUT2D eigenvalue weighted by Crippen LogP contribution is 2.38. The topological polar surface area (TPSA) is 99.9 Å². The number of hydrogen-bond acceptors (Lipinski definition) is 8. The maximum absolute atomic E-state index is 12.6. The van der Waals surface area contributed by atoms with Crippen LogP contribution in [-0.2, 0) is 11.3 Å². The van der Waals surface area contributed by atoms with Gasteiger partial charge in [0, 0.05) is 12.4 Å². The zero-order valence-electron chi connectivity index (χ0n) is 16.9. The molecule has 4 aromatic rings. The van der Waals surface area contributed by atoms with Crippen LogP contribution in [0.4, 0.5) is 5.69 Å². The number of fused-ring (bicyclic) bond motifs is 2. The molecule has 0 fully saturated rings. The summed E-state index contributed by atoms with van der Waals surface area (Å²) in [5.74, 6) is 1.33. The maximum atomic E-state index is 12.6. The second-order valence-corrected chi connectivity index (χ2v) is 6.36. The molecule has 3 aromatic heterocycles. The van der Waals surface area contributed by atoms with E-state index < -0.39 is 5.97 Å². The van der Waals surface area contributed by atoms with E-state index in [4.69, 9.17) is 14.2 Å². The van der Waals surface area contributed by atoms with Crippen molar-refractivity contribution in [3.05, 3.63) is 54.1 Å². The fourth-order valence-electron chi connectivity index (χ4n) is 3.31. The van der Waals surface area contributed by atoms with E-state index >= 15 is 0 Å². The van der Waals surface area contributed by atoms with Gasteiger partial charge in [-0.2, -0.15) is 0 Å². The second kappa shape index (κ2) is 8.24. The number of hydrogen-bond donors (Lipinski definition) is 1. The van der Waals surface area contributed by atoms with Crippen LogP contribution in [0.3, 0.4) is 0 Å². The fourth-order valence-corrected chi connectivity index (χ4v) is 3.31. The van der Waals surface area contributed by atoms with Gasteiger partial charge in [-0.1, -0.05) is 6.07 Å². The van der Waals surface area contributed by atoms with Gasteiger partial charge in [-0.25, -0.2) is 4.79 Å². The molecule has 154 valence electrons. The van der Waals surface area contributed by atoms with Crippen molar-refractivity contribution in [3.63, 3.8) is 0 Å². The van der Waals surface area contributed by atoms with Crippen LogP contribution < -0.4 is 14.8 Å². The average Bonchev–Trinajstić information content (AvgIpc) is 3.19. The van der Waals surface area contributed by atoms with Crippen LogP contribution >= 0.6 is 0 Å². The van der Waals surface area contributed by atoms with Gasteiger partial charge in [-0.15, -0.1) is 10.2 Å². The summed E-state index contributed by atoms with van der Waals surface area (Å²) in [7, 11) is 3.13. The summed E-state index contributed by atoms with van der Waals surface area (Å²) >= 11 is 0. The van der Waals surface area contributed by atoms with Gasteiger partial charge < -0.3 is 19.5 Å². The highest BCUT2D eigenvalue weighted by molar-refractivity contribution is 6.08. The van der Waals surface area contributed by atoms with Crippen molar-refractivity contribution in [1.82, 2.24) is 19.6 Å². The van der Waals surface area contributed by atoms with E-state index in [1.54, 1.807) is 33.3 Å². The number of esters is 1. The first-order valence-electron chi connectivity index (χ1n) is 9.41. The Balaban J connectivity index is 1.85. The van der Waals surface area contributed by atoms with Gasteiger partial charge in [0.1, 0.15) is 22.6 Å². The number of pyridine rings is 2.